The van der Waals surface area contributed by atoms with Crippen LogP contribution in [0.2, 0.25) is 10.0 Å². The predicted molar refractivity (Wildman–Crippen MR) is 61.8 cm³/mol. The molecule has 5 heteroatoms. The van der Waals surface area contributed by atoms with Gasteiger partial charge in [0.05, 0.1) is 18.9 Å². The average molecular weight is 250 g/mol. The summed E-state index contributed by atoms with van der Waals surface area (Å²) in [7, 11) is 1.57. The summed E-state index contributed by atoms with van der Waals surface area (Å²) in [5.74, 6) is 0.640. The van der Waals surface area contributed by atoms with Crippen LogP contribution in [0.15, 0.2) is 12.1 Å². The van der Waals surface area contributed by atoms with E-state index in [0.29, 0.717) is 28.8 Å². The fraction of sp³-hybridized carbons (Fsp3) is 0.400. The summed E-state index contributed by atoms with van der Waals surface area (Å²) < 4.78 is 5.18. The molecule has 0 saturated heterocycles. The molecule has 2 N–H and O–H groups in total. The molecule has 0 saturated carbocycles. The van der Waals surface area contributed by atoms with E-state index in [1.165, 1.54) is 0 Å². The van der Waals surface area contributed by atoms with Gasteiger partial charge in [-0.25, -0.2) is 0 Å². The quantitative estimate of drug-likeness (QED) is 0.621. The van der Waals surface area contributed by atoms with E-state index in [4.69, 9.17) is 33.0 Å². The molecule has 0 spiro atoms. The van der Waals surface area contributed by atoms with Gasteiger partial charge in [-0.15, -0.1) is 0 Å². The summed E-state index contributed by atoms with van der Waals surface area (Å²) in [5, 5.41) is 12.5. The molecular formula is C10H13Cl2NO2. The molecule has 0 aromatic heterocycles. The van der Waals surface area contributed by atoms with Gasteiger partial charge in [-0.3, -0.25) is 5.32 Å². The number of rotatable bonds is 5. The Labute approximate surface area is 99.0 Å². The number of aliphatic hydroxyl groups excluding tert-OH is 1. The van der Waals surface area contributed by atoms with E-state index < -0.39 is 0 Å². The first-order valence-corrected chi connectivity index (χ1v) is 5.28. The zero-order valence-corrected chi connectivity index (χ0v) is 9.90. The van der Waals surface area contributed by atoms with E-state index in [1.54, 1.807) is 13.2 Å². The molecule has 0 aliphatic carbocycles. The van der Waals surface area contributed by atoms with Gasteiger partial charge in [-0.1, -0.05) is 23.2 Å². The third kappa shape index (κ3) is 3.54. The second-order valence-corrected chi connectivity index (χ2v) is 3.83. The van der Waals surface area contributed by atoms with Gasteiger partial charge in [0.2, 0.25) is 0 Å². The lowest BCUT2D eigenvalue weighted by Crippen LogP contribution is -2.18. The first-order chi connectivity index (χ1) is 7.19. The van der Waals surface area contributed by atoms with Gasteiger partial charge in [0.15, 0.2) is 0 Å². The molecule has 3 nitrogen and oxygen atoms in total. The highest BCUT2D eigenvalue weighted by molar-refractivity contribution is 6.35. The minimum atomic E-state index is -0.0450. The van der Waals surface area contributed by atoms with Crippen LogP contribution < -0.4 is 10.1 Å². The van der Waals surface area contributed by atoms with Gasteiger partial charge in [0, 0.05) is 11.6 Å². The number of nitrogens with one attached hydrogen (secondary N) is 1. The van der Waals surface area contributed by atoms with Crippen molar-refractivity contribution < 1.29 is 9.84 Å². The molecular weight excluding hydrogens is 237 g/mol. The van der Waals surface area contributed by atoms with E-state index in [1.807, 2.05) is 6.07 Å². The van der Waals surface area contributed by atoms with E-state index in [2.05, 4.69) is 5.32 Å². The summed E-state index contributed by atoms with van der Waals surface area (Å²) in [6, 6.07) is 3.45. The molecule has 1 aromatic rings. The van der Waals surface area contributed by atoms with Crippen molar-refractivity contribution in [3.8, 4) is 5.75 Å². The molecule has 0 aliphatic heterocycles. The van der Waals surface area contributed by atoms with Crippen molar-refractivity contribution >= 4 is 23.2 Å². The Bertz CT molecular complexity index is 331. The van der Waals surface area contributed by atoms with Crippen LogP contribution in [0.5, 0.6) is 5.75 Å². The zero-order valence-electron chi connectivity index (χ0n) is 8.39. The van der Waals surface area contributed by atoms with Crippen LogP contribution in [-0.4, -0.2) is 25.5 Å². The molecule has 0 atom stereocenters. The third-order valence-corrected chi connectivity index (χ3v) is 2.47. The van der Waals surface area contributed by atoms with E-state index in [9.17, 15) is 0 Å². The number of halogens is 2. The molecule has 0 fully saturated rings. The summed E-state index contributed by atoms with van der Waals surface area (Å²) in [6.45, 7) is 0.597. The highest BCUT2D eigenvalue weighted by Crippen LogP contribution is 2.32. The lowest BCUT2D eigenvalue weighted by Gasteiger charge is -2.10. The third-order valence-electron chi connectivity index (χ3n) is 1.97. The topological polar surface area (TPSA) is 41.5 Å². The van der Waals surface area contributed by atoms with E-state index in [0.717, 1.165) is 5.56 Å². The van der Waals surface area contributed by atoms with Gasteiger partial charge < -0.3 is 9.84 Å². The molecule has 0 unspecified atom stereocenters. The van der Waals surface area contributed by atoms with Crippen molar-refractivity contribution in [3.05, 3.63) is 27.7 Å². The van der Waals surface area contributed by atoms with Crippen molar-refractivity contribution in [3.63, 3.8) is 0 Å². The molecule has 1 rings (SSSR count). The minimum Gasteiger partial charge on any atom is -0.495 e. The highest BCUT2D eigenvalue weighted by Gasteiger charge is 2.09. The van der Waals surface area contributed by atoms with Crippen LogP contribution in [0.25, 0.3) is 0 Å². The Morgan fingerprint density at radius 3 is 2.73 bits per heavy atom. The Balaban J connectivity index is 2.84. The number of aliphatic hydroxyl groups is 1. The molecule has 0 amide bonds. The van der Waals surface area contributed by atoms with Crippen LogP contribution in [0, 0.1) is 0 Å². The average Bonchev–Trinajstić information content (AvgIpc) is 2.17. The van der Waals surface area contributed by atoms with Crippen LogP contribution in [0.4, 0.5) is 0 Å². The van der Waals surface area contributed by atoms with Crippen molar-refractivity contribution in [1.29, 1.82) is 0 Å². The van der Waals surface area contributed by atoms with Crippen molar-refractivity contribution in [2.45, 2.75) is 6.42 Å². The largest absolute Gasteiger partial charge is 0.495 e. The Morgan fingerprint density at radius 2 is 2.13 bits per heavy atom. The summed E-state index contributed by atoms with van der Waals surface area (Å²) in [4.78, 5) is 0. The van der Waals surface area contributed by atoms with Gasteiger partial charge in [0.25, 0.3) is 0 Å². The van der Waals surface area contributed by atoms with Crippen LogP contribution >= 0.6 is 23.2 Å². The first-order valence-electron chi connectivity index (χ1n) is 4.52. The molecule has 15 heavy (non-hydrogen) atoms. The van der Waals surface area contributed by atoms with Crippen LogP contribution in [0.1, 0.15) is 5.56 Å². The van der Waals surface area contributed by atoms with Gasteiger partial charge in [-0.05, 0) is 24.1 Å². The van der Waals surface area contributed by atoms with Crippen LogP contribution in [0.3, 0.4) is 0 Å². The van der Waals surface area contributed by atoms with Crippen LogP contribution in [-0.2, 0) is 6.42 Å². The number of hydrogen-bond donors (Lipinski definition) is 2. The number of hydrogen-bond acceptors (Lipinski definition) is 3. The first kappa shape index (κ1) is 12.6. The molecule has 1 aromatic carbocycles. The van der Waals surface area contributed by atoms with Gasteiger partial charge in [0.1, 0.15) is 5.75 Å². The second-order valence-electron chi connectivity index (χ2n) is 2.99. The Hall–Kier alpha value is -0.480. The maximum Gasteiger partial charge on any atom is 0.140 e. The van der Waals surface area contributed by atoms with E-state index >= 15 is 0 Å². The summed E-state index contributed by atoms with van der Waals surface area (Å²) in [6.07, 6.45) is 0.698. The number of methoxy groups -OCH3 is 1. The molecule has 84 valence electrons. The highest BCUT2D eigenvalue weighted by atomic mass is 35.5. The standard InChI is InChI=1S/C10H13Cl2NO2/c1-15-10-7(2-3-13-6-14)4-8(11)5-9(10)12/h4-5,13-14H,2-3,6H2,1H3. The lowest BCUT2D eigenvalue weighted by molar-refractivity contribution is 0.262. The fourth-order valence-electron chi connectivity index (χ4n) is 1.33. The lowest BCUT2D eigenvalue weighted by atomic mass is 10.1. The summed E-state index contributed by atoms with van der Waals surface area (Å²) in [5.41, 5.74) is 0.927. The number of benzene rings is 1. The maximum atomic E-state index is 8.59. The summed E-state index contributed by atoms with van der Waals surface area (Å²) >= 11 is 11.9. The minimum absolute atomic E-state index is 0.0450. The fourth-order valence-corrected chi connectivity index (χ4v) is 1.94. The van der Waals surface area contributed by atoms with Crippen molar-refractivity contribution in [1.82, 2.24) is 5.32 Å². The van der Waals surface area contributed by atoms with Gasteiger partial charge in [-0.2, -0.15) is 0 Å². The second kappa shape index (κ2) is 6.18. The normalized spacial score (nSPS) is 10.4. The van der Waals surface area contributed by atoms with E-state index in [-0.39, 0.29) is 6.73 Å². The molecule has 0 aliphatic rings. The Kier molecular flexibility index (Phi) is 5.19. The molecule has 0 heterocycles. The van der Waals surface area contributed by atoms with Gasteiger partial charge >= 0.3 is 0 Å². The molecule has 0 radical (unpaired) electrons. The molecule has 0 bridgehead atoms. The SMILES string of the molecule is COc1c(Cl)cc(Cl)cc1CCNCO. The number of ether oxygens (including phenoxy) is 1. The van der Waals surface area contributed by atoms with Crippen molar-refractivity contribution in [2.24, 2.45) is 0 Å². The monoisotopic (exact) mass is 249 g/mol. The maximum absolute atomic E-state index is 8.59. The van der Waals surface area contributed by atoms with Crippen molar-refractivity contribution in [2.75, 3.05) is 20.4 Å². The smallest absolute Gasteiger partial charge is 0.140 e. The zero-order chi connectivity index (χ0) is 11.3. The predicted octanol–water partition coefficient (Wildman–Crippen LogP) is 2.08. The Morgan fingerprint density at radius 1 is 1.40 bits per heavy atom.